The number of methoxy groups -OCH3 is 1. The van der Waals surface area contributed by atoms with Gasteiger partial charge in [-0.1, -0.05) is 0 Å². The molecule has 0 aliphatic heterocycles. The summed E-state index contributed by atoms with van der Waals surface area (Å²) in [5, 5.41) is 6.34. The number of nitrogens with one attached hydrogen (secondary N) is 2. The third kappa shape index (κ3) is 5.44. The summed E-state index contributed by atoms with van der Waals surface area (Å²) < 4.78 is 6.86. The quantitative estimate of drug-likeness (QED) is 0.652. The molecule has 0 aromatic carbocycles. The van der Waals surface area contributed by atoms with Crippen LogP contribution in [0.5, 0.6) is 0 Å². The van der Waals surface area contributed by atoms with Crippen molar-refractivity contribution in [2.75, 3.05) is 20.3 Å². The molecule has 0 radical (unpaired) electrons. The van der Waals surface area contributed by atoms with Crippen molar-refractivity contribution in [3.05, 3.63) is 24.0 Å². The molecule has 2 rings (SSSR count). The van der Waals surface area contributed by atoms with Crippen LogP contribution in [-0.2, 0) is 22.6 Å². The molecule has 5 nitrogen and oxygen atoms in total. The molecule has 0 bridgehead atoms. The number of aromatic nitrogens is 1. The Bertz CT molecular complexity index is 399. The van der Waals surface area contributed by atoms with Gasteiger partial charge in [0.25, 0.3) is 0 Å². The Morgan fingerprint density at radius 2 is 2.37 bits per heavy atom. The third-order valence-corrected chi connectivity index (χ3v) is 3.16. The number of rotatable bonds is 9. The highest BCUT2D eigenvalue weighted by atomic mass is 16.5. The minimum atomic E-state index is 0.0494. The lowest BCUT2D eigenvalue weighted by molar-refractivity contribution is -0.121. The Morgan fingerprint density at radius 1 is 1.53 bits per heavy atom. The van der Waals surface area contributed by atoms with Crippen LogP contribution in [-0.4, -0.2) is 36.8 Å². The number of carbonyl (C=O) groups excluding carboxylic acids is 1. The standard InChI is InChI=1S/C14H23N3O2/c1-19-8-2-6-15-14(18)11-17-7-5-12(10-17)9-16-13-3-4-13/h5,7,10,13,16H,2-4,6,8-9,11H2,1H3,(H,15,18). The lowest BCUT2D eigenvalue weighted by Crippen LogP contribution is -2.28. The van der Waals surface area contributed by atoms with E-state index in [9.17, 15) is 4.79 Å². The number of nitrogens with zero attached hydrogens (tertiary/aromatic N) is 1. The number of amides is 1. The van der Waals surface area contributed by atoms with Gasteiger partial charge in [0.1, 0.15) is 6.54 Å². The zero-order valence-corrected chi connectivity index (χ0v) is 11.5. The number of hydrogen-bond donors (Lipinski definition) is 2. The zero-order chi connectivity index (χ0) is 13.5. The molecule has 1 aliphatic rings. The fourth-order valence-corrected chi connectivity index (χ4v) is 1.91. The average Bonchev–Trinajstić information content (AvgIpc) is 3.13. The maximum atomic E-state index is 11.7. The van der Waals surface area contributed by atoms with Gasteiger partial charge in [0.15, 0.2) is 0 Å². The van der Waals surface area contributed by atoms with Crippen molar-refractivity contribution in [3.8, 4) is 0 Å². The van der Waals surface area contributed by atoms with Gasteiger partial charge in [-0.25, -0.2) is 0 Å². The molecule has 1 fully saturated rings. The largest absolute Gasteiger partial charge is 0.385 e. The van der Waals surface area contributed by atoms with Crippen LogP contribution < -0.4 is 10.6 Å². The third-order valence-electron chi connectivity index (χ3n) is 3.16. The molecule has 5 heteroatoms. The lowest BCUT2D eigenvalue weighted by atomic mass is 10.3. The number of ether oxygens (including phenoxy) is 1. The van der Waals surface area contributed by atoms with Crippen LogP contribution >= 0.6 is 0 Å². The molecule has 1 aromatic heterocycles. The molecule has 1 heterocycles. The second-order valence-electron chi connectivity index (χ2n) is 5.04. The van der Waals surface area contributed by atoms with Crippen LogP contribution in [0.25, 0.3) is 0 Å². The van der Waals surface area contributed by atoms with Gasteiger partial charge < -0.3 is 19.9 Å². The fourth-order valence-electron chi connectivity index (χ4n) is 1.91. The first-order valence-electron chi connectivity index (χ1n) is 6.91. The predicted octanol–water partition coefficient (Wildman–Crippen LogP) is 0.893. The van der Waals surface area contributed by atoms with Crippen molar-refractivity contribution in [1.82, 2.24) is 15.2 Å². The van der Waals surface area contributed by atoms with Crippen LogP contribution in [0, 0.1) is 0 Å². The summed E-state index contributed by atoms with van der Waals surface area (Å²) in [7, 11) is 1.67. The topological polar surface area (TPSA) is 55.3 Å². The maximum Gasteiger partial charge on any atom is 0.239 e. The Balaban J connectivity index is 1.64. The van der Waals surface area contributed by atoms with Crippen molar-refractivity contribution >= 4 is 5.91 Å². The molecule has 19 heavy (non-hydrogen) atoms. The number of carbonyl (C=O) groups is 1. The second-order valence-corrected chi connectivity index (χ2v) is 5.04. The summed E-state index contributed by atoms with van der Waals surface area (Å²) >= 11 is 0. The van der Waals surface area contributed by atoms with Gasteiger partial charge in [-0.15, -0.1) is 0 Å². The SMILES string of the molecule is COCCCNC(=O)Cn1ccc(CNC2CC2)c1. The predicted molar refractivity (Wildman–Crippen MR) is 73.8 cm³/mol. The highest BCUT2D eigenvalue weighted by Crippen LogP contribution is 2.19. The summed E-state index contributed by atoms with van der Waals surface area (Å²) in [6, 6.07) is 2.78. The maximum absolute atomic E-state index is 11.7. The minimum Gasteiger partial charge on any atom is -0.385 e. The van der Waals surface area contributed by atoms with Crippen molar-refractivity contribution in [2.24, 2.45) is 0 Å². The first kappa shape index (κ1) is 14.1. The van der Waals surface area contributed by atoms with E-state index in [1.807, 2.05) is 17.0 Å². The highest BCUT2D eigenvalue weighted by molar-refractivity contribution is 5.75. The summed E-state index contributed by atoms with van der Waals surface area (Å²) in [6.07, 6.45) is 7.43. The van der Waals surface area contributed by atoms with Crippen LogP contribution in [0.3, 0.4) is 0 Å². The van der Waals surface area contributed by atoms with Crippen LogP contribution in [0.1, 0.15) is 24.8 Å². The first-order chi connectivity index (χ1) is 9.28. The van der Waals surface area contributed by atoms with E-state index in [1.165, 1.54) is 18.4 Å². The van der Waals surface area contributed by atoms with Gasteiger partial charge in [0.05, 0.1) is 0 Å². The lowest BCUT2D eigenvalue weighted by Gasteiger charge is -2.05. The van der Waals surface area contributed by atoms with Gasteiger partial charge in [0.2, 0.25) is 5.91 Å². The molecule has 1 aliphatic carbocycles. The molecule has 0 unspecified atom stereocenters. The van der Waals surface area contributed by atoms with Gasteiger partial charge in [-0.3, -0.25) is 4.79 Å². The Hall–Kier alpha value is -1.33. The molecule has 1 saturated carbocycles. The molecule has 1 aromatic rings. The van der Waals surface area contributed by atoms with E-state index in [4.69, 9.17) is 4.74 Å². The molecule has 1 amide bonds. The van der Waals surface area contributed by atoms with Gasteiger partial charge in [0, 0.05) is 45.2 Å². The molecule has 0 saturated heterocycles. The van der Waals surface area contributed by atoms with E-state index in [-0.39, 0.29) is 5.91 Å². The Labute approximate surface area is 114 Å². The van der Waals surface area contributed by atoms with Crippen molar-refractivity contribution < 1.29 is 9.53 Å². The summed E-state index contributed by atoms with van der Waals surface area (Å²) in [5.74, 6) is 0.0494. The Kier molecular flexibility index (Phi) is 5.42. The average molecular weight is 265 g/mol. The van der Waals surface area contributed by atoms with E-state index in [0.717, 1.165) is 13.0 Å². The van der Waals surface area contributed by atoms with E-state index in [1.54, 1.807) is 7.11 Å². The minimum absolute atomic E-state index is 0.0494. The van der Waals surface area contributed by atoms with Gasteiger partial charge >= 0.3 is 0 Å². The monoisotopic (exact) mass is 265 g/mol. The van der Waals surface area contributed by atoms with Crippen molar-refractivity contribution in [3.63, 3.8) is 0 Å². The van der Waals surface area contributed by atoms with Gasteiger partial charge in [-0.2, -0.15) is 0 Å². The van der Waals surface area contributed by atoms with Crippen LogP contribution in [0.15, 0.2) is 18.5 Å². The van der Waals surface area contributed by atoms with E-state index in [0.29, 0.717) is 25.7 Å². The fraction of sp³-hybridized carbons (Fsp3) is 0.643. The van der Waals surface area contributed by atoms with Crippen LogP contribution in [0.2, 0.25) is 0 Å². The smallest absolute Gasteiger partial charge is 0.239 e. The molecule has 0 atom stereocenters. The molecular formula is C14H23N3O2. The highest BCUT2D eigenvalue weighted by Gasteiger charge is 2.19. The van der Waals surface area contributed by atoms with Crippen molar-refractivity contribution in [1.29, 1.82) is 0 Å². The summed E-state index contributed by atoms with van der Waals surface area (Å²) in [4.78, 5) is 11.7. The second kappa shape index (κ2) is 7.31. The summed E-state index contributed by atoms with van der Waals surface area (Å²) in [6.45, 7) is 2.63. The van der Waals surface area contributed by atoms with Gasteiger partial charge in [-0.05, 0) is 30.9 Å². The van der Waals surface area contributed by atoms with E-state index < -0.39 is 0 Å². The number of hydrogen-bond acceptors (Lipinski definition) is 3. The zero-order valence-electron chi connectivity index (χ0n) is 11.5. The van der Waals surface area contributed by atoms with Crippen molar-refractivity contribution in [2.45, 2.75) is 38.4 Å². The normalized spacial score (nSPS) is 14.6. The molecule has 2 N–H and O–H groups in total. The Morgan fingerprint density at radius 3 is 3.11 bits per heavy atom. The summed E-state index contributed by atoms with van der Waals surface area (Å²) in [5.41, 5.74) is 1.24. The molecule has 0 spiro atoms. The molecular weight excluding hydrogens is 242 g/mol. The first-order valence-corrected chi connectivity index (χ1v) is 6.91. The van der Waals surface area contributed by atoms with E-state index >= 15 is 0 Å². The molecule has 106 valence electrons. The van der Waals surface area contributed by atoms with E-state index in [2.05, 4.69) is 16.7 Å². The van der Waals surface area contributed by atoms with Crippen LogP contribution in [0.4, 0.5) is 0 Å².